The van der Waals surface area contributed by atoms with Gasteiger partial charge in [-0.3, -0.25) is 4.98 Å². The molecule has 1 aromatic heterocycles. The number of hydrogen-bond acceptors (Lipinski definition) is 4. The van der Waals surface area contributed by atoms with Gasteiger partial charge in [-0.25, -0.2) is 4.79 Å². The summed E-state index contributed by atoms with van der Waals surface area (Å²) in [4.78, 5) is 14.9. The van der Waals surface area contributed by atoms with Crippen molar-refractivity contribution in [2.24, 2.45) is 5.92 Å². The van der Waals surface area contributed by atoms with Gasteiger partial charge >= 0.3 is 5.97 Å². The Kier molecular flexibility index (Phi) is 3.32. The number of ether oxygens (including phenoxy) is 1. The Hall–Kier alpha value is -0.980. The van der Waals surface area contributed by atoms with Crippen LogP contribution < -0.4 is 5.32 Å². The number of fused-ring (bicyclic) bond motifs is 2. The predicted octanol–water partition coefficient (Wildman–Crippen LogP) is 1.52. The maximum Gasteiger partial charge on any atom is 0.329 e. The number of rotatable bonds is 4. The van der Waals surface area contributed by atoms with Crippen LogP contribution in [0.4, 0.5) is 0 Å². The molecule has 3 atom stereocenters. The highest BCUT2D eigenvalue weighted by atomic mass is 79.9. The average Bonchev–Trinajstić information content (AvgIpc) is 2.98. The van der Waals surface area contributed by atoms with Crippen molar-refractivity contribution in [3.63, 3.8) is 0 Å². The Morgan fingerprint density at radius 1 is 1.68 bits per heavy atom. The SMILES string of the molecule is O=C(O)COC1(c2ccncc2Br)CC2CC1CN2. The largest absolute Gasteiger partial charge is 0.480 e. The van der Waals surface area contributed by atoms with Crippen LogP contribution in [0.25, 0.3) is 0 Å². The molecule has 1 aliphatic heterocycles. The predicted molar refractivity (Wildman–Crippen MR) is 71.7 cm³/mol. The highest BCUT2D eigenvalue weighted by Crippen LogP contribution is 2.51. The third-order valence-corrected chi connectivity index (χ3v) is 4.74. The zero-order chi connectivity index (χ0) is 13.5. The van der Waals surface area contributed by atoms with Crippen LogP contribution in [0.1, 0.15) is 18.4 Å². The molecule has 5 nitrogen and oxygen atoms in total. The Morgan fingerprint density at radius 3 is 3.11 bits per heavy atom. The lowest BCUT2D eigenvalue weighted by atomic mass is 9.83. The third-order valence-electron chi connectivity index (χ3n) is 4.11. The van der Waals surface area contributed by atoms with E-state index in [2.05, 4.69) is 26.2 Å². The Balaban J connectivity index is 1.97. The van der Waals surface area contributed by atoms with Gasteiger partial charge in [-0.1, -0.05) is 0 Å². The molecule has 102 valence electrons. The van der Waals surface area contributed by atoms with E-state index in [0.29, 0.717) is 12.0 Å². The van der Waals surface area contributed by atoms with Crippen molar-refractivity contribution in [1.29, 1.82) is 0 Å². The van der Waals surface area contributed by atoms with Crippen LogP contribution in [0.5, 0.6) is 0 Å². The highest BCUT2D eigenvalue weighted by molar-refractivity contribution is 9.10. The fraction of sp³-hybridized carbons (Fsp3) is 0.538. The monoisotopic (exact) mass is 326 g/mol. The average molecular weight is 327 g/mol. The van der Waals surface area contributed by atoms with E-state index in [1.165, 1.54) is 0 Å². The first-order valence-corrected chi connectivity index (χ1v) is 7.10. The summed E-state index contributed by atoms with van der Waals surface area (Å²) in [6, 6.07) is 2.34. The number of piperidine rings is 1. The molecule has 0 aromatic carbocycles. The van der Waals surface area contributed by atoms with Crippen molar-refractivity contribution in [2.75, 3.05) is 13.2 Å². The number of carboxylic acids is 1. The number of carboxylic acid groups (broad SMARTS) is 1. The van der Waals surface area contributed by atoms with E-state index in [-0.39, 0.29) is 6.61 Å². The van der Waals surface area contributed by atoms with E-state index in [0.717, 1.165) is 29.4 Å². The van der Waals surface area contributed by atoms with Crippen LogP contribution in [-0.4, -0.2) is 35.3 Å². The molecular weight excluding hydrogens is 312 g/mol. The van der Waals surface area contributed by atoms with Crippen LogP contribution in [0.3, 0.4) is 0 Å². The van der Waals surface area contributed by atoms with Gasteiger partial charge in [-0.15, -0.1) is 0 Å². The summed E-state index contributed by atoms with van der Waals surface area (Å²) in [6.45, 7) is 0.608. The van der Waals surface area contributed by atoms with Gasteiger partial charge in [-0.05, 0) is 34.8 Å². The second kappa shape index (κ2) is 4.85. The van der Waals surface area contributed by atoms with Crippen molar-refractivity contribution < 1.29 is 14.6 Å². The van der Waals surface area contributed by atoms with Crippen molar-refractivity contribution in [3.8, 4) is 0 Å². The minimum absolute atomic E-state index is 0.266. The van der Waals surface area contributed by atoms with Crippen molar-refractivity contribution in [2.45, 2.75) is 24.5 Å². The molecule has 0 amide bonds. The smallest absolute Gasteiger partial charge is 0.329 e. The summed E-state index contributed by atoms with van der Waals surface area (Å²) in [7, 11) is 0. The van der Waals surface area contributed by atoms with Gasteiger partial charge in [-0.2, -0.15) is 0 Å². The first-order valence-electron chi connectivity index (χ1n) is 6.31. The van der Waals surface area contributed by atoms with Gasteiger partial charge in [0.15, 0.2) is 0 Å². The normalized spacial score (nSPS) is 32.7. The maximum atomic E-state index is 10.9. The molecule has 0 radical (unpaired) electrons. The van der Waals surface area contributed by atoms with Gasteiger partial charge < -0.3 is 15.2 Å². The molecule has 1 saturated carbocycles. The molecule has 3 rings (SSSR count). The highest BCUT2D eigenvalue weighted by Gasteiger charge is 2.54. The van der Waals surface area contributed by atoms with E-state index in [4.69, 9.17) is 9.84 Å². The Labute approximate surface area is 119 Å². The Morgan fingerprint density at radius 2 is 2.53 bits per heavy atom. The van der Waals surface area contributed by atoms with E-state index in [1.54, 1.807) is 12.4 Å². The number of aromatic nitrogens is 1. The summed E-state index contributed by atoms with van der Waals surface area (Å²) in [5.41, 5.74) is 0.508. The summed E-state index contributed by atoms with van der Waals surface area (Å²) in [5, 5.41) is 12.3. The minimum Gasteiger partial charge on any atom is -0.480 e. The molecule has 1 aliphatic carbocycles. The van der Waals surface area contributed by atoms with E-state index >= 15 is 0 Å². The standard InChI is InChI=1S/C13H15BrN2O3/c14-11-6-15-2-1-10(11)13(19-7-12(17)18)4-9-3-8(13)5-16-9/h1-2,6,8-9,16H,3-5,7H2,(H,17,18). The molecule has 3 unspecified atom stereocenters. The van der Waals surface area contributed by atoms with Crippen LogP contribution in [-0.2, 0) is 15.1 Å². The van der Waals surface area contributed by atoms with Crippen molar-refractivity contribution in [1.82, 2.24) is 10.3 Å². The van der Waals surface area contributed by atoms with Crippen molar-refractivity contribution >= 4 is 21.9 Å². The molecule has 19 heavy (non-hydrogen) atoms. The molecule has 1 aromatic rings. The van der Waals surface area contributed by atoms with Gasteiger partial charge in [0.1, 0.15) is 12.2 Å². The summed E-state index contributed by atoms with van der Waals surface area (Å²) >= 11 is 3.51. The lowest BCUT2D eigenvalue weighted by molar-refractivity contribution is -0.155. The van der Waals surface area contributed by atoms with Crippen LogP contribution in [0, 0.1) is 5.92 Å². The topological polar surface area (TPSA) is 71.5 Å². The van der Waals surface area contributed by atoms with E-state index in [1.807, 2.05) is 6.07 Å². The molecule has 6 heteroatoms. The zero-order valence-electron chi connectivity index (χ0n) is 10.3. The van der Waals surface area contributed by atoms with Gasteiger partial charge in [0.2, 0.25) is 0 Å². The molecule has 2 N–H and O–H groups in total. The molecule has 2 fully saturated rings. The van der Waals surface area contributed by atoms with Gasteiger partial charge in [0.25, 0.3) is 0 Å². The van der Waals surface area contributed by atoms with Crippen LogP contribution in [0.2, 0.25) is 0 Å². The summed E-state index contributed by atoms with van der Waals surface area (Å²) in [5.74, 6) is -0.615. The quantitative estimate of drug-likeness (QED) is 0.877. The maximum absolute atomic E-state index is 10.9. The molecule has 2 bridgehead atoms. The number of aliphatic carboxylic acids is 1. The first-order chi connectivity index (χ1) is 9.12. The summed E-state index contributed by atoms with van der Waals surface area (Å²) in [6.07, 6.45) is 5.31. The fourth-order valence-electron chi connectivity index (χ4n) is 3.36. The molecule has 2 aliphatic rings. The lowest BCUT2D eigenvalue weighted by Crippen LogP contribution is -2.44. The van der Waals surface area contributed by atoms with Gasteiger partial charge in [0.05, 0.1) is 0 Å². The van der Waals surface area contributed by atoms with Crippen LogP contribution in [0.15, 0.2) is 22.9 Å². The lowest BCUT2D eigenvalue weighted by Gasteiger charge is -2.38. The number of carbonyl (C=O) groups is 1. The number of nitrogens with one attached hydrogen (secondary N) is 1. The molecule has 0 spiro atoms. The molecule has 1 saturated heterocycles. The number of halogens is 1. The zero-order valence-corrected chi connectivity index (χ0v) is 11.9. The van der Waals surface area contributed by atoms with Crippen LogP contribution >= 0.6 is 15.9 Å². The van der Waals surface area contributed by atoms with E-state index < -0.39 is 11.6 Å². The van der Waals surface area contributed by atoms with Gasteiger partial charge in [0, 0.05) is 40.9 Å². The third kappa shape index (κ3) is 2.17. The molecular formula is C13H15BrN2O3. The molecule has 2 heterocycles. The second-order valence-corrected chi connectivity index (χ2v) is 6.02. The number of nitrogens with zero attached hydrogens (tertiary/aromatic N) is 1. The minimum atomic E-state index is -0.930. The second-order valence-electron chi connectivity index (χ2n) is 5.17. The number of pyridine rings is 1. The number of hydrogen-bond donors (Lipinski definition) is 2. The Bertz CT molecular complexity index is 510. The van der Waals surface area contributed by atoms with Crippen molar-refractivity contribution in [3.05, 3.63) is 28.5 Å². The van der Waals surface area contributed by atoms with E-state index in [9.17, 15) is 4.79 Å². The first kappa shape index (κ1) is 13.0. The fourth-order valence-corrected chi connectivity index (χ4v) is 3.94. The summed E-state index contributed by atoms with van der Waals surface area (Å²) < 4.78 is 6.74.